The molecule has 0 bridgehead atoms. The first-order valence-corrected chi connectivity index (χ1v) is 10.8. The summed E-state index contributed by atoms with van der Waals surface area (Å²) in [5.41, 5.74) is 0.768. The summed E-state index contributed by atoms with van der Waals surface area (Å²) >= 11 is 0. The maximum atomic E-state index is 14.8. The first-order valence-electron chi connectivity index (χ1n) is 10.8. The van der Waals surface area contributed by atoms with Crippen LogP contribution in [0.1, 0.15) is 34.6 Å². The van der Waals surface area contributed by atoms with Gasteiger partial charge in [0, 0.05) is 35.8 Å². The maximum absolute atomic E-state index is 14.8. The van der Waals surface area contributed by atoms with Gasteiger partial charge in [-0.1, -0.05) is 5.92 Å². The monoisotopic (exact) mass is 494 g/mol. The summed E-state index contributed by atoms with van der Waals surface area (Å²) in [6, 6.07) is 7.27. The molecule has 0 aliphatic rings. The van der Waals surface area contributed by atoms with E-state index < -0.39 is 36.1 Å². The number of nitrogens with zero attached hydrogens (tertiary/aromatic N) is 2. The Kier molecular flexibility index (Phi) is 8.01. The normalized spacial score (nSPS) is 11.5. The van der Waals surface area contributed by atoms with Gasteiger partial charge < -0.3 is 25.4 Å². The fourth-order valence-corrected chi connectivity index (χ4v) is 3.59. The highest BCUT2D eigenvalue weighted by Gasteiger charge is 2.22. The molecule has 0 aliphatic carbocycles. The number of aromatic nitrogens is 2. The van der Waals surface area contributed by atoms with Gasteiger partial charge in [-0.2, -0.15) is 0 Å². The van der Waals surface area contributed by atoms with Crippen molar-refractivity contribution >= 4 is 34.4 Å². The molecule has 1 heterocycles. The zero-order valence-corrected chi connectivity index (χ0v) is 19.2. The Labute approximate surface area is 204 Å². The van der Waals surface area contributed by atoms with Gasteiger partial charge in [-0.3, -0.25) is 14.4 Å². The number of rotatable bonds is 10. The molecule has 0 saturated carbocycles. The van der Waals surface area contributed by atoms with Crippen LogP contribution in [0.25, 0.3) is 10.9 Å². The van der Waals surface area contributed by atoms with Crippen LogP contribution in [0.15, 0.2) is 41.2 Å². The van der Waals surface area contributed by atoms with E-state index in [-0.39, 0.29) is 47.1 Å². The lowest BCUT2D eigenvalue weighted by Crippen LogP contribution is -2.41. The second kappa shape index (κ2) is 11.1. The number of aliphatic carboxylic acids is 2. The predicted octanol–water partition coefficient (Wildman–Crippen LogP) is 2.06. The number of H-pyrrole nitrogens is 1. The Morgan fingerprint density at radius 1 is 1.22 bits per heavy atom. The Morgan fingerprint density at radius 2 is 1.92 bits per heavy atom. The smallest absolute Gasteiger partial charge is 0.326 e. The van der Waals surface area contributed by atoms with Crippen molar-refractivity contribution in [1.82, 2.24) is 15.3 Å². The molecule has 1 aromatic heterocycles. The van der Waals surface area contributed by atoms with E-state index in [0.717, 1.165) is 0 Å². The molecule has 0 aliphatic heterocycles. The topological polar surface area (TPSA) is 153 Å². The average molecular weight is 494 g/mol. The molecule has 10 nitrogen and oxygen atoms in total. The molecule has 0 fully saturated rings. The van der Waals surface area contributed by atoms with Gasteiger partial charge in [0.2, 0.25) is 0 Å². The van der Waals surface area contributed by atoms with Crippen molar-refractivity contribution in [2.75, 3.05) is 11.4 Å². The summed E-state index contributed by atoms with van der Waals surface area (Å²) in [6.45, 7) is 1.73. The van der Waals surface area contributed by atoms with E-state index in [9.17, 15) is 28.7 Å². The second-order valence-corrected chi connectivity index (χ2v) is 8.02. The number of carboxylic acid groups (broad SMARTS) is 2. The molecular formula is C25H23FN4O6. The van der Waals surface area contributed by atoms with Crippen LogP contribution in [0, 0.1) is 25.1 Å². The summed E-state index contributed by atoms with van der Waals surface area (Å²) in [6.07, 6.45) is 4.81. The summed E-state index contributed by atoms with van der Waals surface area (Å²) in [5, 5.41) is 20.5. The third-order valence-corrected chi connectivity index (χ3v) is 5.38. The summed E-state index contributed by atoms with van der Waals surface area (Å²) < 4.78 is 14.8. The highest BCUT2D eigenvalue weighted by atomic mass is 19.1. The fraction of sp³-hybridized carbons (Fsp3) is 0.240. The molecular weight excluding hydrogens is 471 g/mol. The van der Waals surface area contributed by atoms with E-state index >= 15 is 0 Å². The minimum absolute atomic E-state index is 0.0289. The van der Waals surface area contributed by atoms with Gasteiger partial charge in [-0.15, -0.1) is 6.42 Å². The van der Waals surface area contributed by atoms with Crippen molar-refractivity contribution in [3.05, 3.63) is 69.5 Å². The standard InChI is InChI=1S/C25H23FN4O6/c1-3-10-30(13-16-11-18-21(12-19(16)26)27-14(2)28-24(18)34)17-6-4-15(5-7-17)23(33)29-20(25(35)36)8-9-22(31)32/h1,4-7,11-12,20H,8-10,13H2,2H3,(H,29,33)(H,31,32)(H,35,36)(H,27,28,34)/t20-/m0/s1. The number of halogens is 1. The van der Waals surface area contributed by atoms with Gasteiger partial charge >= 0.3 is 11.9 Å². The van der Waals surface area contributed by atoms with Gasteiger partial charge in [-0.05, 0) is 43.7 Å². The quantitative estimate of drug-likeness (QED) is 0.313. The van der Waals surface area contributed by atoms with E-state index in [0.29, 0.717) is 11.5 Å². The van der Waals surface area contributed by atoms with Crippen molar-refractivity contribution in [1.29, 1.82) is 0 Å². The van der Waals surface area contributed by atoms with Crippen LogP contribution in [0.5, 0.6) is 0 Å². The molecule has 0 unspecified atom stereocenters. The van der Waals surface area contributed by atoms with Crippen molar-refractivity contribution < 1.29 is 29.0 Å². The van der Waals surface area contributed by atoms with Crippen LogP contribution in [0.2, 0.25) is 0 Å². The van der Waals surface area contributed by atoms with Gasteiger partial charge in [0.15, 0.2) is 0 Å². The molecule has 1 amide bonds. The van der Waals surface area contributed by atoms with Gasteiger partial charge in [0.25, 0.3) is 11.5 Å². The number of carboxylic acids is 2. The molecule has 3 rings (SSSR count). The van der Waals surface area contributed by atoms with E-state index in [4.69, 9.17) is 11.5 Å². The molecule has 3 aromatic rings. The van der Waals surface area contributed by atoms with Gasteiger partial charge in [0.1, 0.15) is 17.7 Å². The van der Waals surface area contributed by atoms with Crippen molar-refractivity contribution in [3.8, 4) is 12.3 Å². The molecule has 11 heteroatoms. The third-order valence-electron chi connectivity index (χ3n) is 5.38. The zero-order chi connectivity index (χ0) is 26.4. The number of terminal acetylenes is 1. The SMILES string of the molecule is C#CCN(Cc1cc2c(=O)[nH]c(C)nc2cc1F)c1ccc(C(=O)N[C@@H](CCC(=O)O)C(=O)O)cc1. The van der Waals surface area contributed by atoms with E-state index in [1.165, 1.54) is 24.3 Å². The number of carbonyl (C=O) groups excluding carboxylic acids is 1. The molecule has 36 heavy (non-hydrogen) atoms. The number of aromatic amines is 1. The number of anilines is 1. The van der Waals surface area contributed by atoms with Crippen molar-refractivity contribution in [2.45, 2.75) is 32.4 Å². The minimum Gasteiger partial charge on any atom is -0.481 e. The first-order chi connectivity index (χ1) is 17.1. The minimum atomic E-state index is -1.36. The molecule has 0 radical (unpaired) electrons. The fourth-order valence-electron chi connectivity index (χ4n) is 3.59. The number of nitrogens with one attached hydrogen (secondary N) is 2. The number of hydrogen-bond acceptors (Lipinski definition) is 6. The largest absolute Gasteiger partial charge is 0.481 e. The maximum Gasteiger partial charge on any atom is 0.326 e. The Hall–Kier alpha value is -4.72. The van der Waals surface area contributed by atoms with Crippen LogP contribution in [0.4, 0.5) is 10.1 Å². The first kappa shape index (κ1) is 25.9. The Bertz CT molecular complexity index is 1410. The van der Waals surface area contributed by atoms with Gasteiger partial charge in [0.05, 0.1) is 17.4 Å². The molecule has 0 spiro atoms. The predicted molar refractivity (Wildman–Crippen MR) is 129 cm³/mol. The van der Waals surface area contributed by atoms with E-state index in [1.54, 1.807) is 24.0 Å². The van der Waals surface area contributed by atoms with Crippen LogP contribution < -0.4 is 15.8 Å². The molecule has 4 N–H and O–H groups in total. The molecule has 186 valence electrons. The number of amides is 1. The van der Waals surface area contributed by atoms with Crippen molar-refractivity contribution in [3.63, 3.8) is 0 Å². The van der Waals surface area contributed by atoms with E-state index in [2.05, 4.69) is 21.2 Å². The second-order valence-electron chi connectivity index (χ2n) is 8.02. The number of fused-ring (bicyclic) bond motifs is 1. The number of benzene rings is 2. The third kappa shape index (κ3) is 6.24. The molecule has 1 atom stereocenters. The highest BCUT2D eigenvalue weighted by Crippen LogP contribution is 2.22. The molecule has 0 saturated heterocycles. The summed E-state index contributed by atoms with van der Waals surface area (Å²) in [4.78, 5) is 55.2. The van der Waals surface area contributed by atoms with Crippen LogP contribution in [-0.2, 0) is 16.1 Å². The Morgan fingerprint density at radius 3 is 2.53 bits per heavy atom. The van der Waals surface area contributed by atoms with Crippen molar-refractivity contribution in [2.24, 2.45) is 0 Å². The van der Waals surface area contributed by atoms with Crippen LogP contribution in [0.3, 0.4) is 0 Å². The number of hydrogen-bond donors (Lipinski definition) is 4. The lowest BCUT2D eigenvalue weighted by atomic mass is 10.1. The van der Waals surface area contributed by atoms with Gasteiger partial charge in [-0.25, -0.2) is 14.2 Å². The number of aryl methyl sites for hydroxylation is 1. The lowest BCUT2D eigenvalue weighted by molar-refractivity contribution is -0.140. The highest BCUT2D eigenvalue weighted by molar-refractivity contribution is 5.97. The summed E-state index contributed by atoms with van der Waals surface area (Å²) in [7, 11) is 0. The number of carbonyl (C=O) groups is 3. The average Bonchev–Trinajstić information content (AvgIpc) is 2.81. The van der Waals surface area contributed by atoms with Crippen LogP contribution >= 0.6 is 0 Å². The van der Waals surface area contributed by atoms with Crippen LogP contribution in [-0.4, -0.2) is 50.6 Å². The lowest BCUT2D eigenvalue weighted by Gasteiger charge is -2.23. The molecule has 2 aromatic carbocycles. The zero-order valence-electron chi connectivity index (χ0n) is 19.2. The Balaban J connectivity index is 1.81. The summed E-state index contributed by atoms with van der Waals surface area (Å²) in [5.74, 6) is -0.902. The van der Waals surface area contributed by atoms with E-state index in [1.807, 2.05) is 0 Å².